The molecule has 0 radical (unpaired) electrons. The number of aromatic hydroxyl groups is 3. The lowest BCUT2D eigenvalue weighted by Gasteiger charge is -2.14. The largest absolute Gasteiger partial charge is 0.507 e. The highest BCUT2D eigenvalue weighted by atomic mass is 16.5. The Balaban J connectivity index is 1.70. The molecule has 4 aromatic carbocycles. The van der Waals surface area contributed by atoms with Gasteiger partial charge in [-0.2, -0.15) is 0 Å². The predicted octanol–water partition coefficient (Wildman–Crippen LogP) is 6.53. The summed E-state index contributed by atoms with van der Waals surface area (Å²) in [4.78, 5) is 0. The van der Waals surface area contributed by atoms with Gasteiger partial charge in [0, 0.05) is 11.1 Å². The van der Waals surface area contributed by atoms with E-state index >= 15 is 0 Å². The summed E-state index contributed by atoms with van der Waals surface area (Å²) in [6.07, 6.45) is 5.29. The molecule has 1 aliphatic heterocycles. The average molecular weight is 422 g/mol. The number of hydrogen-bond donors (Lipinski definition) is 3. The minimum Gasteiger partial charge on any atom is -0.507 e. The van der Waals surface area contributed by atoms with Crippen LogP contribution in [0.25, 0.3) is 23.3 Å². The molecule has 4 aromatic rings. The monoisotopic (exact) mass is 422 g/mol. The lowest BCUT2D eigenvalue weighted by molar-refractivity contribution is 0.410. The zero-order valence-corrected chi connectivity index (χ0v) is 17.3. The van der Waals surface area contributed by atoms with E-state index in [1.165, 1.54) is 0 Å². The number of hydrogen-bond acceptors (Lipinski definition) is 4. The highest BCUT2D eigenvalue weighted by molar-refractivity contribution is 5.87. The number of aryl methyl sites for hydroxylation is 2. The van der Waals surface area contributed by atoms with E-state index in [0.717, 1.165) is 35.1 Å². The molecule has 158 valence electrons. The van der Waals surface area contributed by atoms with E-state index in [4.69, 9.17) is 4.74 Å². The van der Waals surface area contributed by atoms with Gasteiger partial charge in [0.25, 0.3) is 0 Å². The Morgan fingerprint density at radius 2 is 1.38 bits per heavy atom. The molecule has 0 unspecified atom stereocenters. The molecule has 0 saturated heterocycles. The second kappa shape index (κ2) is 8.16. The van der Waals surface area contributed by atoms with Gasteiger partial charge in [0.1, 0.15) is 17.2 Å². The zero-order valence-electron chi connectivity index (χ0n) is 17.3. The molecular weight excluding hydrogens is 400 g/mol. The molecule has 0 saturated carbocycles. The van der Waals surface area contributed by atoms with E-state index in [1.54, 1.807) is 24.3 Å². The van der Waals surface area contributed by atoms with Crippen molar-refractivity contribution >= 4 is 12.2 Å². The number of benzene rings is 4. The molecular formula is C28H22O4. The maximum absolute atomic E-state index is 10.7. The lowest BCUT2D eigenvalue weighted by atomic mass is 9.94. The summed E-state index contributed by atoms with van der Waals surface area (Å²) in [7, 11) is 0. The Kier molecular flexibility index (Phi) is 5.04. The van der Waals surface area contributed by atoms with Gasteiger partial charge >= 0.3 is 0 Å². The molecule has 0 spiro atoms. The smallest absolute Gasteiger partial charge is 0.169 e. The van der Waals surface area contributed by atoms with Crippen molar-refractivity contribution in [3.05, 3.63) is 101 Å². The van der Waals surface area contributed by atoms with Crippen molar-refractivity contribution in [1.29, 1.82) is 0 Å². The lowest BCUT2D eigenvalue weighted by Crippen LogP contribution is -1.95. The van der Waals surface area contributed by atoms with Crippen molar-refractivity contribution < 1.29 is 20.1 Å². The molecule has 0 aliphatic carbocycles. The van der Waals surface area contributed by atoms with Gasteiger partial charge in [0.15, 0.2) is 11.5 Å². The van der Waals surface area contributed by atoms with Crippen LogP contribution in [-0.4, -0.2) is 15.3 Å². The Bertz CT molecular complexity index is 1340. The topological polar surface area (TPSA) is 69.9 Å². The molecule has 0 fully saturated rings. The molecule has 4 nitrogen and oxygen atoms in total. The third-order valence-corrected chi connectivity index (χ3v) is 5.67. The van der Waals surface area contributed by atoms with Crippen LogP contribution in [0.3, 0.4) is 0 Å². The number of ether oxygens (including phenoxy) is 1. The summed E-state index contributed by atoms with van der Waals surface area (Å²) in [5.74, 6) is 1.35. The molecule has 0 atom stereocenters. The molecule has 4 heteroatoms. The maximum atomic E-state index is 10.7. The minimum atomic E-state index is 0.0899. The first-order chi connectivity index (χ1) is 15.6. The maximum Gasteiger partial charge on any atom is 0.169 e. The van der Waals surface area contributed by atoms with E-state index in [2.05, 4.69) is 0 Å². The van der Waals surface area contributed by atoms with E-state index in [0.29, 0.717) is 22.6 Å². The highest BCUT2D eigenvalue weighted by Crippen LogP contribution is 2.40. The van der Waals surface area contributed by atoms with Crippen LogP contribution in [0.2, 0.25) is 0 Å². The first-order valence-corrected chi connectivity index (χ1v) is 10.5. The van der Waals surface area contributed by atoms with Crippen LogP contribution in [0.5, 0.6) is 28.7 Å². The van der Waals surface area contributed by atoms with Crippen LogP contribution in [0.15, 0.2) is 78.9 Å². The molecule has 6 bridgehead atoms. The average Bonchev–Trinajstić information content (AvgIpc) is 2.79. The van der Waals surface area contributed by atoms with Crippen LogP contribution < -0.4 is 4.74 Å². The number of fused-ring (bicyclic) bond motifs is 8. The van der Waals surface area contributed by atoms with Gasteiger partial charge in [-0.05, 0) is 77.6 Å². The van der Waals surface area contributed by atoms with E-state index < -0.39 is 0 Å². The van der Waals surface area contributed by atoms with Gasteiger partial charge in [-0.1, -0.05) is 48.6 Å². The third-order valence-electron chi connectivity index (χ3n) is 5.67. The molecule has 1 aliphatic rings. The van der Waals surface area contributed by atoms with Crippen molar-refractivity contribution in [1.82, 2.24) is 0 Å². The summed E-state index contributed by atoms with van der Waals surface area (Å²) >= 11 is 0. The van der Waals surface area contributed by atoms with E-state index in [-0.39, 0.29) is 17.2 Å². The van der Waals surface area contributed by atoms with Crippen LogP contribution >= 0.6 is 0 Å². The second-order valence-corrected chi connectivity index (χ2v) is 7.90. The van der Waals surface area contributed by atoms with Crippen molar-refractivity contribution in [3.8, 4) is 39.9 Å². The Morgan fingerprint density at radius 3 is 2.22 bits per heavy atom. The van der Waals surface area contributed by atoms with Gasteiger partial charge in [-0.15, -0.1) is 0 Å². The van der Waals surface area contributed by atoms with Crippen molar-refractivity contribution in [2.24, 2.45) is 0 Å². The zero-order chi connectivity index (χ0) is 22.1. The first-order valence-electron chi connectivity index (χ1n) is 10.5. The SMILES string of the molecule is Oc1ccc2cc1Oc1cccc(c1)C=Cc1cccc(O)c1-c1cc(ccc1O)CC2. The third kappa shape index (κ3) is 3.91. The fourth-order valence-corrected chi connectivity index (χ4v) is 4.01. The molecule has 0 aromatic heterocycles. The van der Waals surface area contributed by atoms with Gasteiger partial charge in [0.2, 0.25) is 0 Å². The molecule has 5 rings (SSSR count). The Labute approximate surface area is 186 Å². The fourth-order valence-electron chi connectivity index (χ4n) is 4.01. The summed E-state index contributed by atoms with van der Waals surface area (Å²) in [6, 6.07) is 23.7. The summed E-state index contributed by atoms with van der Waals surface area (Å²) in [6.45, 7) is 0. The Hall–Kier alpha value is -4.18. The van der Waals surface area contributed by atoms with Crippen LogP contribution in [0.1, 0.15) is 22.3 Å². The molecule has 32 heavy (non-hydrogen) atoms. The molecule has 1 heterocycles. The highest BCUT2D eigenvalue weighted by Gasteiger charge is 2.14. The van der Waals surface area contributed by atoms with E-state index in [9.17, 15) is 15.3 Å². The number of phenols is 3. The predicted molar refractivity (Wildman–Crippen MR) is 126 cm³/mol. The summed E-state index contributed by atoms with van der Waals surface area (Å²) in [5, 5.41) is 31.5. The summed E-state index contributed by atoms with van der Waals surface area (Å²) in [5.41, 5.74) is 4.93. The Morgan fingerprint density at radius 1 is 0.625 bits per heavy atom. The van der Waals surface area contributed by atoms with E-state index in [1.807, 2.05) is 66.7 Å². The summed E-state index contributed by atoms with van der Waals surface area (Å²) < 4.78 is 5.98. The van der Waals surface area contributed by atoms with Gasteiger partial charge in [-0.3, -0.25) is 0 Å². The van der Waals surface area contributed by atoms with Gasteiger partial charge in [0.05, 0.1) is 0 Å². The van der Waals surface area contributed by atoms with Crippen LogP contribution in [0, 0.1) is 0 Å². The van der Waals surface area contributed by atoms with Gasteiger partial charge in [-0.25, -0.2) is 0 Å². The normalized spacial score (nSPS) is 12.6. The van der Waals surface area contributed by atoms with Crippen molar-refractivity contribution in [2.45, 2.75) is 12.8 Å². The van der Waals surface area contributed by atoms with Gasteiger partial charge < -0.3 is 20.1 Å². The molecule has 3 N–H and O–H groups in total. The van der Waals surface area contributed by atoms with Crippen LogP contribution in [-0.2, 0) is 12.8 Å². The fraction of sp³-hybridized carbons (Fsp3) is 0.0714. The first kappa shape index (κ1) is 19.8. The number of rotatable bonds is 0. The standard InChI is InChI=1S/C28H22O4/c29-24-13-10-19-7-8-20-11-14-25(30)27(17-20)32-22-5-1-3-18(15-22)9-12-21-4-2-6-26(31)28(21)23(24)16-19/h1-6,9-17,29-31H,7-8H2. The number of phenolic OH excluding ortho intramolecular Hbond substituents is 3. The van der Waals surface area contributed by atoms with Crippen molar-refractivity contribution in [3.63, 3.8) is 0 Å². The molecule has 0 amide bonds. The quantitative estimate of drug-likeness (QED) is 0.301. The van der Waals surface area contributed by atoms with Crippen LogP contribution in [0.4, 0.5) is 0 Å². The second-order valence-electron chi connectivity index (χ2n) is 7.90. The van der Waals surface area contributed by atoms with Crippen molar-refractivity contribution in [2.75, 3.05) is 0 Å². The minimum absolute atomic E-state index is 0.0899.